The zero-order chi connectivity index (χ0) is 16.5. The van der Waals surface area contributed by atoms with E-state index in [9.17, 15) is 9.60 Å². The van der Waals surface area contributed by atoms with Crippen molar-refractivity contribution >= 4 is 10.8 Å². The topological polar surface area (TPSA) is 47.5 Å². The fourth-order valence-electron chi connectivity index (χ4n) is 3.84. The van der Waals surface area contributed by atoms with Crippen molar-refractivity contribution < 1.29 is 9.60 Å². The summed E-state index contributed by atoms with van der Waals surface area (Å²) >= 11 is 0. The normalized spacial score (nSPS) is 22.2. The van der Waals surface area contributed by atoms with Gasteiger partial charge in [-0.3, -0.25) is 5.21 Å². The summed E-state index contributed by atoms with van der Waals surface area (Å²) in [4.78, 5) is 0. The molecule has 0 amide bonds. The number of hydrogen-bond acceptors (Lipinski definition) is 4. The Morgan fingerprint density at radius 3 is 2.71 bits per heavy atom. The third-order valence-corrected chi connectivity index (χ3v) is 5.08. The van der Waals surface area contributed by atoms with Crippen LogP contribution in [0.3, 0.4) is 0 Å². The van der Waals surface area contributed by atoms with Gasteiger partial charge in [0.2, 0.25) is 0 Å². The molecule has 4 nitrogen and oxygen atoms in total. The number of nitrogens with zero attached hydrogens (tertiary/aromatic N) is 1. The molecule has 2 aromatic carbocycles. The van der Waals surface area contributed by atoms with Crippen LogP contribution in [0.1, 0.15) is 18.4 Å². The van der Waals surface area contributed by atoms with E-state index in [1.165, 1.54) is 11.6 Å². The number of fused-ring (bicyclic) bond motifs is 1. The molecule has 0 aromatic heterocycles. The minimum Gasteiger partial charge on any atom is -0.317 e. The molecule has 0 bridgehead atoms. The van der Waals surface area contributed by atoms with Gasteiger partial charge in [0.15, 0.2) is 0 Å². The fraction of sp³-hybridized carbons (Fsp3) is 0.368. The van der Waals surface area contributed by atoms with Gasteiger partial charge < -0.3 is 5.32 Å². The van der Waals surface area contributed by atoms with E-state index in [4.69, 9.17) is 0 Å². The van der Waals surface area contributed by atoms with Gasteiger partial charge in [0, 0.05) is 6.20 Å². The van der Waals surface area contributed by atoms with Crippen LogP contribution in [0.25, 0.3) is 10.8 Å². The highest BCUT2D eigenvalue weighted by molar-refractivity contribution is 5.83. The minimum atomic E-state index is -0.213. The lowest BCUT2D eigenvalue weighted by molar-refractivity contribution is -0.0839. The second kappa shape index (κ2) is 6.51. The number of benzene rings is 2. The maximum atomic E-state index is 13.5. The van der Waals surface area contributed by atoms with Gasteiger partial charge in [0.05, 0.1) is 6.04 Å². The van der Waals surface area contributed by atoms with Crippen molar-refractivity contribution in [2.45, 2.75) is 25.3 Å². The van der Waals surface area contributed by atoms with Crippen LogP contribution in [-0.2, 0) is 6.42 Å². The van der Waals surface area contributed by atoms with Crippen molar-refractivity contribution in [1.29, 1.82) is 0 Å². The van der Waals surface area contributed by atoms with E-state index < -0.39 is 0 Å². The Morgan fingerprint density at radius 1 is 1.08 bits per heavy atom. The predicted molar refractivity (Wildman–Crippen MR) is 91.8 cm³/mol. The quantitative estimate of drug-likeness (QED) is 0.811. The molecule has 0 radical (unpaired) electrons. The lowest BCUT2D eigenvalue weighted by Gasteiger charge is -2.27. The molecule has 1 fully saturated rings. The predicted octanol–water partition coefficient (Wildman–Crippen LogP) is 2.98. The van der Waals surface area contributed by atoms with Gasteiger partial charge in [0.1, 0.15) is 5.82 Å². The first-order valence-electron chi connectivity index (χ1n) is 8.54. The Hall–Kier alpha value is -1.95. The first-order chi connectivity index (χ1) is 11.7. The average Bonchev–Trinajstić information content (AvgIpc) is 2.95. The Morgan fingerprint density at radius 2 is 1.88 bits per heavy atom. The lowest BCUT2D eigenvalue weighted by Crippen LogP contribution is -2.38. The summed E-state index contributed by atoms with van der Waals surface area (Å²) in [6.07, 6.45) is 4.79. The average molecular weight is 327 g/mol. The van der Waals surface area contributed by atoms with Gasteiger partial charge in [-0.2, -0.15) is 5.17 Å². The van der Waals surface area contributed by atoms with Crippen molar-refractivity contribution in [3.8, 4) is 0 Å². The van der Waals surface area contributed by atoms with Crippen LogP contribution in [0.4, 0.5) is 4.39 Å². The summed E-state index contributed by atoms with van der Waals surface area (Å²) in [5, 5.41) is 16.3. The van der Waals surface area contributed by atoms with E-state index in [1.54, 1.807) is 12.1 Å². The number of hydrogen-bond donors (Lipinski definition) is 3. The number of hydrazine groups is 1. The number of halogens is 1. The molecule has 1 unspecified atom stereocenters. The maximum absolute atomic E-state index is 13.5. The molecular weight excluding hydrogens is 305 g/mol. The van der Waals surface area contributed by atoms with E-state index >= 15 is 0 Å². The largest absolute Gasteiger partial charge is 0.317 e. The van der Waals surface area contributed by atoms with Gasteiger partial charge in [-0.25, -0.2) is 9.82 Å². The second-order valence-electron chi connectivity index (χ2n) is 6.71. The summed E-state index contributed by atoms with van der Waals surface area (Å²) in [5.41, 5.74) is 5.51. The van der Waals surface area contributed by atoms with Crippen molar-refractivity contribution in [2.75, 3.05) is 13.1 Å². The Balaban J connectivity index is 1.56. The molecule has 126 valence electrons. The molecule has 1 atom stereocenters. The highest BCUT2D eigenvalue weighted by Crippen LogP contribution is 2.29. The van der Waals surface area contributed by atoms with Crippen LogP contribution in [0, 0.1) is 11.7 Å². The molecular formula is C19H22FN3O. The number of piperidine rings is 1. The smallest absolute Gasteiger partial charge is 0.123 e. The molecule has 2 heterocycles. The zero-order valence-electron chi connectivity index (χ0n) is 13.5. The highest BCUT2D eigenvalue weighted by atomic mass is 19.1. The zero-order valence-corrected chi connectivity index (χ0v) is 13.5. The van der Waals surface area contributed by atoms with E-state index in [0.29, 0.717) is 5.92 Å². The van der Waals surface area contributed by atoms with E-state index in [1.807, 2.05) is 18.3 Å². The third kappa shape index (κ3) is 3.15. The van der Waals surface area contributed by atoms with Crippen LogP contribution in [0.15, 0.2) is 48.2 Å². The van der Waals surface area contributed by atoms with Crippen LogP contribution in [0.5, 0.6) is 0 Å². The van der Waals surface area contributed by atoms with Crippen molar-refractivity contribution in [3.63, 3.8) is 0 Å². The summed E-state index contributed by atoms with van der Waals surface area (Å²) in [6.45, 7) is 2.05. The minimum absolute atomic E-state index is 0.0871. The molecule has 2 aliphatic rings. The Labute approximate surface area is 140 Å². The van der Waals surface area contributed by atoms with Gasteiger partial charge in [-0.15, -0.1) is 0 Å². The van der Waals surface area contributed by atoms with Gasteiger partial charge in [-0.05, 0) is 72.3 Å². The van der Waals surface area contributed by atoms with Crippen LogP contribution >= 0.6 is 0 Å². The van der Waals surface area contributed by atoms with Gasteiger partial charge in [0.25, 0.3) is 0 Å². The van der Waals surface area contributed by atoms with Crippen molar-refractivity contribution in [2.24, 2.45) is 5.92 Å². The molecule has 0 aliphatic carbocycles. The highest BCUT2D eigenvalue weighted by Gasteiger charge is 2.30. The van der Waals surface area contributed by atoms with Crippen molar-refractivity contribution in [3.05, 3.63) is 59.6 Å². The van der Waals surface area contributed by atoms with Crippen LogP contribution in [-0.4, -0.2) is 29.5 Å². The third-order valence-electron chi connectivity index (χ3n) is 5.08. The monoisotopic (exact) mass is 327 g/mol. The molecule has 4 rings (SSSR count). The van der Waals surface area contributed by atoms with Gasteiger partial charge >= 0.3 is 0 Å². The molecule has 0 saturated carbocycles. The van der Waals surface area contributed by atoms with Crippen LogP contribution in [0.2, 0.25) is 0 Å². The van der Waals surface area contributed by atoms with E-state index in [0.717, 1.165) is 53.9 Å². The summed E-state index contributed by atoms with van der Waals surface area (Å²) < 4.78 is 13.5. The van der Waals surface area contributed by atoms with Gasteiger partial charge in [-0.1, -0.05) is 24.3 Å². The fourth-order valence-corrected chi connectivity index (χ4v) is 3.84. The second-order valence-corrected chi connectivity index (χ2v) is 6.71. The summed E-state index contributed by atoms with van der Waals surface area (Å²) in [6, 6.07) is 11.1. The number of rotatable bonds is 3. The summed E-state index contributed by atoms with van der Waals surface area (Å²) in [7, 11) is 0. The lowest BCUT2D eigenvalue weighted by atomic mass is 9.84. The van der Waals surface area contributed by atoms with Crippen molar-refractivity contribution in [1.82, 2.24) is 15.9 Å². The summed E-state index contributed by atoms with van der Waals surface area (Å²) in [5.74, 6) is 0.286. The molecule has 5 heteroatoms. The Kier molecular flexibility index (Phi) is 4.22. The number of hydroxylamine groups is 1. The SMILES string of the molecule is ON1C=C(C2CCNCC2)C(Cc2ccc3ccc(F)cc3c2)N1. The standard InChI is InChI=1S/C19H22FN3O/c20-17-4-3-14-2-1-13(9-16(14)11-17)10-19-18(12-23(24)22-19)15-5-7-21-8-6-15/h1-4,9,11-12,15,19,21-22,24H,5-8,10H2. The Bertz CT molecular complexity index is 770. The van der Waals surface area contributed by atoms with E-state index in [2.05, 4.69) is 16.8 Å². The number of nitrogens with one attached hydrogen (secondary N) is 2. The molecule has 3 N–H and O–H groups in total. The van der Waals surface area contributed by atoms with Crippen LogP contribution < -0.4 is 10.7 Å². The molecule has 2 aromatic rings. The molecule has 24 heavy (non-hydrogen) atoms. The first kappa shape index (κ1) is 15.6. The molecule has 2 aliphatic heterocycles. The first-order valence-corrected chi connectivity index (χ1v) is 8.54. The molecule has 0 spiro atoms. The molecule has 1 saturated heterocycles. The van der Waals surface area contributed by atoms with E-state index in [-0.39, 0.29) is 11.9 Å². The maximum Gasteiger partial charge on any atom is 0.123 e.